The van der Waals surface area contributed by atoms with Gasteiger partial charge in [-0.1, -0.05) is 0 Å². The summed E-state index contributed by atoms with van der Waals surface area (Å²) in [6.07, 6.45) is 1.86. The van der Waals surface area contributed by atoms with Crippen LogP contribution in [0.4, 0.5) is 11.4 Å². The van der Waals surface area contributed by atoms with E-state index in [9.17, 15) is 34.6 Å². The Morgan fingerprint density at radius 1 is 0.816 bits per heavy atom. The monoisotopic (exact) mass is 519 g/mol. The number of benzene rings is 3. The summed E-state index contributed by atoms with van der Waals surface area (Å²) >= 11 is 0. The maximum atomic E-state index is 12.2. The lowest BCUT2D eigenvalue weighted by atomic mass is 10.2. The molecule has 0 aromatic heterocycles. The molecule has 0 bridgehead atoms. The van der Waals surface area contributed by atoms with E-state index in [1.165, 1.54) is 66.9 Å². The highest BCUT2D eigenvalue weighted by atomic mass is 16.6. The van der Waals surface area contributed by atoms with Crippen LogP contribution >= 0.6 is 0 Å². The van der Waals surface area contributed by atoms with Crippen molar-refractivity contribution in [1.82, 2.24) is 10.7 Å². The van der Waals surface area contributed by atoms with Crippen LogP contribution < -0.4 is 15.5 Å². The van der Waals surface area contributed by atoms with Crippen LogP contribution in [0, 0.1) is 20.2 Å². The molecule has 0 aliphatic rings. The van der Waals surface area contributed by atoms with E-state index in [0.717, 1.165) is 0 Å². The van der Waals surface area contributed by atoms with Crippen molar-refractivity contribution in [3.63, 3.8) is 0 Å². The molecule has 3 aromatic carbocycles. The van der Waals surface area contributed by atoms with Gasteiger partial charge in [-0.25, -0.2) is 10.2 Å². The fraction of sp³-hybridized carbons (Fsp3) is 0.120. The molecule has 0 radical (unpaired) electrons. The molecule has 0 heterocycles. The topological polar surface area (TPSA) is 183 Å². The Morgan fingerprint density at radius 2 is 1.37 bits per heavy atom. The number of nitrogens with zero attached hydrogens (tertiary/aromatic N) is 3. The van der Waals surface area contributed by atoms with Crippen molar-refractivity contribution in [2.45, 2.75) is 12.8 Å². The van der Waals surface area contributed by atoms with Gasteiger partial charge in [0.25, 0.3) is 17.3 Å². The van der Waals surface area contributed by atoms with Crippen molar-refractivity contribution in [3.8, 4) is 5.75 Å². The number of hydrogen-bond donors (Lipinski definition) is 2. The Bertz CT molecular complexity index is 1350. The molecule has 0 atom stereocenters. The van der Waals surface area contributed by atoms with E-state index in [2.05, 4.69) is 15.8 Å². The molecule has 2 N–H and O–H groups in total. The number of rotatable bonds is 11. The Labute approximate surface area is 215 Å². The third kappa shape index (κ3) is 8.05. The van der Waals surface area contributed by atoms with Crippen molar-refractivity contribution < 1.29 is 29.0 Å². The van der Waals surface area contributed by atoms with Crippen LogP contribution in [0.3, 0.4) is 0 Å². The van der Waals surface area contributed by atoms with E-state index in [1.807, 2.05) is 0 Å². The SMILES string of the molecule is O=C(CCCNC(=O)c1ccc([N+](=O)[O-])cc1)NN=Cc1ccc(OC(=O)c2ccc([N+](=O)[O-])cc2)cc1. The van der Waals surface area contributed by atoms with Crippen molar-refractivity contribution in [1.29, 1.82) is 0 Å². The van der Waals surface area contributed by atoms with Gasteiger partial charge in [-0.15, -0.1) is 0 Å². The molecule has 13 nitrogen and oxygen atoms in total. The molecular formula is C25H21N5O8. The van der Waals surface area contributed by atoms with Gasteiger partial charge in [0.1, 0.15) is 5.75 Å². The molecule has 0 aliphatic heterocycles. The molecule has 0 saturated heterocycles. The number of amides is 2. The second-order valence-electron chi connectivity index (χ2n) is 7.72. The van der Waals surface area contributed by atoms with Crippen molar-refractivity contribution >= 4 is 35.4 Å². The van der Waals surface area contributed by atoms with Gasteiger partial charge in [0, 0.05) is 42.8 Å². The molecule has 0 unspecified atom stereocenters. The minimum atomic E-state index is -0.669. The lowest BCUT2D eigenvalue weighted by molar-refractivity contribution is -0.385. The molecule has 38 heavy (non-hydrogen) atoms. The number of hydrazone groups is 1. The van der Waals surface area contributed by atoms with Crippen molar-refractivity contribution in [3.05, 3.63) is 110 Å². The molecule has 0 saturated carbocycles. The number of esters is 1. The van der Waals surface area contributed by atoms with E-state index < -0.39 is 21.7 Å². The smallest absolute Gasteiger partial charge is 0.343 e. The summed E-state index contributed by atoms with van der Waals surface area (Å²) in [7, 11) is 0. The zero-order chi connectivity index (χ0) is 27.5. The highest BCUT2D eigenvalue weighted by molar-refractivity contribution is 5.94. The van der Waals surface area contributed by atoms with Gasteiger partial charge in [0.15, 0.2) is 0 Å². The minimum Gasteiger partial charge on any atom is -0.423 e. The van der Waals surface area contributed by atoms with Gasteiger partial charge in [-0.3, -0.25) is 29.8 Å². The van der Waals surface area contributed by atoms with Gasteiger partial charge in [0.2, 0.25) is 5.91 Å². The lowest BCUT2D eigenvalue weighted by Gasteiger charge is -2.05. The fourth-order valence-corrected chi connectivity index (χ4v) is 3.03. The zero-order valence-electron chi connectivity index (χ0n) is 19.7. The third-order valence-corrected chi connectivity index (χ3v) is 5.01. The predicted octanol–water partition coefficient (Wildman–Crippen LogP) is 3.38. The Hall–Kier alpha value is -5.46. The first kappa shape index (κ1) is 27.1. The summed E-state index contributed by atoms with van der Waals surface area (Å²) in [5.41, 5.74) is 3.18. The summed E-state index contributed by atoms with van der Waals surface area (Å²) in [5, 5.41) is 27.8. The summed E-state index contributed by atoms with van der Waals surface area (Å²) in [4.78, 5) is 56.4. The highest BCUT2D eigenvalue weighted by Crippen LogP contribution is 2.16. The Kier molecular flexibility index (Phi) is 9.29. The fourth-order valence-electron chi connectivity index (χ4n) is 3.03. The maximum absolute atomic E-state index is 12.2. The van der Waals surface area contributed by atoms with Gasteiger partial charge in [-0.2, -0.15) is 5.10 Å². The molecule has 0 spiro atoms. The van der Waals surface area contributed by atoms with Gasteiger partial charge >= 0.3 is 5.97 Å². The highest BCUT2D eigenvalue weighted by Gasteiger charge is 2.12. The molecule has 0 fully saturated rings. The number of nitro groups is 2. The Morgan fingerprint density at radius 3 is 1.92 bits per heavy atom. The second-order valence-corrected chi connectivity index (χ2v) is 7.72. The van der Waals surface area contributed by atoms with Crippen LogP contribution in [0.2, 0.25) is 0 Å². The quantitative estimate of drug-likeness (QED) is 0.0964. The van der Waals surface area contributed by atoms with Gasteiger partial charge in [-0.05, 0) is 60.5 Å². The van der Waals surface area contributed by atoms with Crippen LogP contribution in [0.1, 0.15) is 39.1 Å². The van der Waals surface area contributed by atoms with E-state index >= 15 is 0 Å². The van der Waals surface area contributed by atoms with E-state index in [-0.39, 0.29) is 47.1 Å². The summed E-state index contributed by atoms with van der Waals surface area (Å²) in [5.74, 6) is -1.18. The van der Waals surface area contributed by atoms with Crippen molar-refractivity contribution in [2.75, 3.05) is 6.54 Å². The normalized spacial score (nSPS) is 10.5. The van der Waals surface area contributed by atoms with Crippen LogP contribution in [0.5, 0.6) is 5.75 Å². The van der Waals surface area contributed by atoms with Gasteiger partial charge < -0.3 is 10.1 Å². The molecule has 194 valence electrons. The van der Waals surface area contributed by atoms with Gasteiger partial charge in [0.05, 0.1) is 21.6 Å². The largest absolute Gasteiger partial charge is 0.423 e. The number of non-ortho nitro benzene ring substituents is 2. The number of nitrogens with one attached hydrogen (secondary N) is 2. The molecular weight excluding hydrogens is 498 g/mol. The number of carbonyl (C=O) groups is 3. The summed E-state index contributed by atoms with van der Waals surface area (Å²) in [6, 6.07) is 16.5. The Balaban J connectivity index is 1.37. The molecule has 13 heteroatoms. The summed E-state index contributed by atoms with van der Waals surface area (Å²) in [6.45, 7) is 0.229. The minimum absolute atomic E-state index is 0.107. The first-order valence-corrected chi connectivity index (χ1v) is 11.1. The van der Waals surface area contributed by atoms with E-state index in [1.54, 1.807) is 12.1 Å². The van der Waals surface area contributed by atoms with Crippen LogP contribution in [-0.2, 0) is 4.79 Å². The maximum Gasteiger partial charge on any atom is 0.343 e. The van der Waals surface area contributed by atoms with E-state index in [4.69, 9.17) is 4.74 Å². The van der Waals surface area contributed by atoms with Crippen LogP contribution in [-0.4, -0.2) is 40.4 Å². The zero-order valence-corrected chi connectivity index (χ0v) is 19.7. The third-order valence-electron chi connectivity index (χ3n) is 5.01. The number of hydrogen-bond acceptors (Lipinski definition) is 9. The standard InChI is InChI=1S/C25H21N5O8/c31-23(2-1-15-26-24(32)18-5-9-20(10-6-18)29(34)35)28-27-16-17-3-13-22(14-4-17)38-25(33)19-7-11-21(12-8-19)30(36)37/h3-14,16H,1-2,15H2,(H,26,32)(H,28,31). The van der Waals surface area contributed by atoms with E-state index in [0.29, 0.717) is 12.0 Å². The van der Waals surface area contributed by atoms with Crippen molar-refractivity contribution in [2.24, 2.45) is 5.10 Å². The average molecular weight is 519 g/mol. The molecule has 3 aromatic rings. The molecule has 2 amide bonds. The molecule has 0 aliphatic carbocycles. The predicted molar refractivity (Wildman–Crippen MR) is 135 cm³/mol. The van der Waals surface area contributed by atoms with Crippen LogP contribution in [0.25, 0.3) is 0 Å². The summed E-state index contributed by atoms with van der Waals surface area (Å²) < 4.78 is 5.23. The lowest BCUT2D eigenvalue weighted by Crippen LogP contribution is -2.26. The van der Waals surface area contributed by atoms with Crippen LogP contribution in [0.15, 0.2) is 77.9 Å². The number of carbonyl (C=O) groups excluding carboxylic acids is 3. The number of nitro benzene ring substituents is 2. The average Bonchev–Trinajstić information content (AvgIpc) is 2.92. The second kappa shape index (κ2) is 13.0. The molecule has 3 rings (SSSR count). The first-order valence-electron chi connectivity index (χ1n) is 11.1. The number of ether oxygens (including phenoxy) is 1. The first-order chi connectivity index (χ1) is 18.2.